The van der Waals surface area contributed by atoms with Gasteiger partial charge in [-0.2, -0.15) is 0 Å². The van der Waals surface area contributed by atoms with Crippen LogP contribution in [0, 0.1) is 6.92 Å². The van der Waals surface area contributed by atoms with Gasteiger partial charge < -0.3 is 9.47 Å². The molecule has 1 saturated heterocycles. The highest BCUT2D eigenvalue weighted by atomic mass is 35.5. The van der Waals surface area contributed by atoms with Crippen LogP contribution in [0.15, 0.2) is 46.8 Å². The first-order valence-corrected chi connectivity index (χ1v) is 12.2. The highest BCUT2D eigenvalue weighted by Gasteiger charge is 2.24. The van der Waals surface area contributed by atoms with E-state index in [1.807, 2.05) is 17.2 Å². The molecular weight excluding hydrogens is 444 g/mol. The van der Waals surface area contributed by atoms with Crippen molar-refractivity contribution in [1.29, 1.82) is 0 Å². The Kier molecular flexibility index (Phi) is 5.86. The predicted molar refractivity (Wildman–Crippen MR) is 118 cm³/mol. The molecule has 158 valence electrons. The molecule has 0 spiro atoms. The first-order chi connectivity index (χ1) is 14.3. The zero-order valence-electron chi connectivity index (χ0n) is 16.3. The average molecular weight is 465 g/mol. The van der Waals surface area contributed by atoms with Crippen molar-refractivity contribution in [3.63, 3.8) is 0 Å². The van der Waals surface area contributed by atoms with Gasteiger partial charge >= 0.3 is 0 Å². The van der Waals surface area contributed by atoms with E-state index in [0.717, 1.165) is 31.6 Å². The number of halogens is 1. The lowest BCUT2D eigenvalue weighted by Crippen LogP contribution is -2.31. The summed E-state index contributed by atoms with van der Waals surface area (Å²) in [5.74, 6) is -0.0237. The number of anilines is 1. The van der Waals surface area contributed by atoms with Crippen molar-refractivity contribution < 1.29 is 13.2 Å². The topological polar surface area (TPSA) is 84.3 Å². The molecule has 0 unspecified atom stereocenters. The molecule has 0 bridgehead atoms. The summed E-state index contributed by atoms with van der Waals surface area (Å²) in [6.07, 6.45) is 3.49. The summed E-state index contributed by atoms with van der Waals surface area (Å²) in [4.78, 5) is 19.1. The first-order valence-electron chi connectivity index (χ1n) is 9.51. The van der Waals surface area contributed by atoms with Gasteiger partial charge in [-0.05, 0) is 44.0 Å². The van der Waals surface area contributed by atoms with E-state index < -0.39 is 10.0 Å². The van der Waals surface area contributed by atoms with Crippen LogP contribution in [-0.4, -0.2) is 41.9 Å². The number of benzene rings is 1. The average Bonchev–Trinajstić information content (AvgIpc) is 3.41. The third kappa shape index (κ3) is 4.53. The van der Waals surface area contributed by atoms with E-state index in [1.165, 1.54) is 23.6 Å². The van der Waals surface area contributed by atoms with Crippen LogP contribution in [0.4, 0.5) is 5.69 Å². The van der Waals surface area contributed by atoms with Crippen molar-refractivity contribution in [3.8, 4) is 10.7 Å². The van der Waals surface area contributed by atoms with E-state index in [0.29, 0.717) is 21.4 Å². The van der Waals surface area contributed by atoms with Crippen LogP contribution in [0.2, 0.25) is 5.02 Å². The first kappa shape index (κ1) is 20.9. The fourth-order valence-electron chi connectivity index (χ4n) is 3.39. The van der Waals surface area contributed by atoms with Crippen molar-refractivity contribution in [2.75, 3.05) is 17.8 Å². The number of carbonyl (C=O) groups is 1. The number of amides is 1. The molecule has 1 aliphatic rings. The highest BCUT2D eigenvalue weighted by Crippen LogP contribution is 2.29. The molecule has 30 heavy (non-hydrogen) atoms. The lowest BCUT2D eigenvalue weighted by atomic mass is 10.3. The predicted octanol–water partition coefficient (Wildman–Crippen LogP) is 4.00. The Morgan fingerprint density at radius 1 is 1.27 bits per heavy atom. The third-order valence-electron chi connectivity index (χ3n) is 4.86. The molecule has 3 heterocycles. The Bertz CT molecular complexity index is 1180. The fourth-order valence-corrected chi connectivity index (χ4v) is 5.50. The van der Waals surface area contributed by atoms with E-state index >= 15 is 0 Å². The zero-order chi connectivity index (χ0) is 21.3. The standard InChI is InChI=1S/C20H21ClN4O3S2/c1-14-13-29-20(22-14)18-10-17(11-25(18)12-19(26)24-7-2-3-8-24)30(27,28)23-16-6-4-5-15(21)9-16/h4-6,9-11,13,23H,2-3,7-8,12H2,1H3. The minimum Gasteiger partial charge on any atom is -0.341 e. The van der Waals surface area contributed by atoms with Gasteiger partial charge in [0.1, 0.15) is 16.4 Å². The van der Waals surface area contributed by atoms with Crippen molar-refractivity contribution in [2.45, 2.75) is 31.2 Å². The number of thiazole rings is 1. The number of rotatable bonds is 6. The van der Waals surface area contributed by atoms with Gasteiger partial charge in [0.25, 0.3) is 10.0 Å². The van der Waals surface area contributed by atoms with Crippen molar-refractivity contribution >= 4 is 44.6 Å². The van der Waals surface area contributed by atoms with Crippen LogP contribution < -0.4 is 4.72 Å². The Hall–Kier alpha value is -2.36. The lowest BCUT2D eigenvalue weighted by Gasteiger charge is -2.16. The molecular formula is C20H21ClN4O3S2. The van der Waals surface area contributed by atoms with E-state index in [1.54, 1.807) is 28.8 Å². The summed E-state index contributed by atoms with van der Waals surface area (Å²) >= 11 is 7.38. The minimum atomic E-state index is -3.87. The molecule has 0 aliphatic carbocycles. The number of sulfonamides is 1. The molecule has 7 nitrogen and oxygen atoms in total. The van der Waals surface area contributed by atoms with Crippen molar-refractivity contribution in [2.24, 2.45) is 0 Å². The largest absolute Gasteiger partial charge is 0.341 e. The second-order valence-corrected chi connectivity index (χ2v) is 10.2. The molecule has 1 aromatic carbocycles. The fraction of sp³-hybridized carbons (Fsp3) is 0.300. The molecule has 3 aromatic rings. The van der Waals surface area contributed by atoms with E-state index in [-0.39, 0.29) is 17.3 Å². The molecule has 0 radical (unpaired) electrons. The van der Waals surface area contributed by atoms with Gasteiger partial charge in [0, 0.05) is 35.4 Å². The van der Waals surface area contributed by atoms with Crippen LogP contribution in [0.5, 0.6) is 0 Å². The van der Waals surface area contributed by atoms with Gasteiger partial charge in [-0.15, -0.1) is 11.3 Å². The van der Waals surface area contributed by atoms with Crippen LogP contribution in [-0.2, 0) is 21.4 Å². The summed E-state index contributed by atoms with van der Waals surface area (Å²) in [5.41, 5.74) is 1.82. The van der Waals surface area contributed by atoms with Crippen LogP contribution in [0.25, 0.3) is 10.7 Å². The molecule has 2 aromatic heterocycles. The lowest BCUT2D eigenvalue weighted by molar-refractivity contribution is -0.130. The smallest absolute Gasteiger partial charge is 0.263 e. The Labute approximate surface area is 184 Å². The minimum absolute atomic E-state index is 0.0237. The molecule has 1 fully saturated rings. The van der Waals surface area contributed by atoms with E-state index in [4.69, 9.17) is 11.6 Å². The number of hydrogen-bond donors (Lipinski definition) is 1. The second kappa shape index (κ2) is 8.41. The van der Waals surface area contributed by atoms with E-state index in [9.17, 15) is 13.2 Å². The van der Waals surface area contributed by atoms with Crippen LogP contribution in [0.1, 0.15) is 18.5 Å². The zero-order valence-corrected chi connectivity index (χ0v) is 18.7. The number of likely N-dealkylation sites (tertiary alicyclic amines) is 1. The molecule has 4 rings (SSSR count). The maximum Gasteiger partial charge on any atom is 0.263 e. The number of nitrogens with zero attached hydrogens (tertiary/aromatic N) is 3. The molecule has 1 N–H and O–H groups in total. The van der Waals surface area contributed by atoms with Gasteiger partial charge in [0.05, 0.1) is 11.4 Å². The monoisotopic (exact) mass is 464 g/mol. The Morgan fingerprint density at radius 3 is 2.70 bits per heavy atom. The summed E-state index contributed by atoms with van der Waals surface area (Å²) in [6, 6.07) is 8.06. The second-order valence-electron chi connectivity index (χ2n) is 7.19. The number of nitrogens with one attached hydrogen (secondary N) is 1. The van der Waals surface area contributed by atoms with E-state index in [2.05, 4.69) is 9.71 Å². The number of aryl methyl sites for hydroxylation is 1. The summed E-state index contributed by atoms with van der Waals surface area (Å²) in [5, 5.41) is 3.00. The maximum atomic E-state index is 13.0. The Balaban J connectivity index is 1.68. The number of aromatic nitrogens is 2. The van der Waals surface area contributed by atoms with Gasteiger partial charge in [0.2, 0.25) is 5.91 Å². The van der Waals surface area contributed by atoms with Crippen molar-refractivity contribution in [3.05, 3.63) is 52.6 Å². The number of hydrogen-bond acceptors (Lipinski definition) is 5. The molecule has 0 atom stereocenters. The quantitative estimate of drug-likeness (QED) is 0.597. The van der Waals surface area contributed by atoms with Gasteiger partial charge in [0.15, 0.2) is 0 Å². The molecule has 1 amide bonds. The highest BCUT2D eigenvalue weighted by molar-refractivity contribution is 7.92. The summed E-state index contributed by atoms with van der Waals surface area (Å²) in [7, 11) is -3.87. The normalized spacial score (nSPS) is 14.3. The molecule has 1 aliphatic heterocycles. The Morgan fingerprint density at radius 2 is 2.03 bits per heavy atom. The summed E-state index contributed by atoms with van der Waals surface area (Å²) in [6.45, 7) is 3.43. The van der Waals surface area contributed by atoms with Gasteiger partial charge in [-0.25, -0.2) is 13.4 Å². The third-order valence-corrected chi connectivity index (χ3v) is 7.43. The number of carbonyl (C=O) groups excluding carboxylic acids is 1. The van der Waals surface area contributed by atoms with Crippen LogP contribution in [0.3, 0.4) is 0 Å². The molecule has 0 saturated carbocycles. The SMILES string of the molecule is Cc1csc(-c2cc(S(=O)(=O)Nc3cccc(Cl)c3)cn2CC(=O)N2CCCC2)n1. The van der Waals surface area contributed by atoms with Crippen LogP contribution >= 0.6 is 22.9 Å². The maximum absolute atomic E-state index is 13.0. The van der Waals surface area contributed by atoms with Crippen molar-refractivity contribution in [1.82, 2.24) is 14.5 Å². The van der Waals surface area contributed by atoms with Gasteiger partial charge in [-0.3, -0.25) is 9.52 Å². The van der Waals surface area contributed by atoms with Gasteiger partial charge in [-0.1, -0.05) is 17.7 Å². The molecule has 10 heteroatoms. The summed E-state index contributed by atoms with van der Waals surface area (Å²) < 4.78 is 30.2.